The van der Waals surface area contributed by atoms with E-state index in [2.05, 4.69) is 20.2 Å². The van der Waals surface area contributed by atoms with Crippen LogP contribution in [0.4, 0.5) is 5.82 Å². The zero-order valence-corrected chi connectivity index (χ0v) is 14.0. The van der Waals surface area contributed by atoms with Crippen LogP contribution in [-0.4, -0.2) is 42.2 Å². The summed E-state index contributed by atoms with van der Waals surface area (Å²) in [7, 11) is 0. The molecule has 1 aliphatic heterocycles. The summed E-state index contributed by atoms with van der Waals surface area (Å²) in [5, 5.41) is 3.51. The molecule has 1 aromatic carbocycles. The molecule has 0 atom stereocenters. The van der Waals surface area contributed by atoms with Crippen LogP contribution in [0, 0.1) is 0 Å². The first kappa shape index (κ1) is 16.7. The van der Waals surface area contributed by atoms with E-state index in [0.29, 0.717) is 37.0 Å². The molecule has 24 heavy (non-hydrogen) atoms. The van der Waals surface area contributed by atoms with Gasteiger partial charge in [-0.1, -0.05) is 23.7 Å². The van der Waals surface area contributed by atoms with Gasteiger partial charge in [0.15, 0.2) is 0 Å². The Morgan fingerprint density at radius 3 is 2.71 bits per heavy atom. The van der Waals surface area contributed by atoms with E-state index in [1.54, 1.807) is 18.3 Å². The SMILES string of the molecule is O=C(Cc1ccc(Cl)cc1)NCc1nccc(N2CCOCC2)n1. The maximum Gasteiger partial charge on any atom is 0.224 e. The molecule has 1 fully saturated rings. The van der Waals surface area contributed by atoms with Crippen molar-refractivity contribution in [3.05, 3.63) is 52.9 Å². The van der Waals surface area contributed by atoms with Gasteiger partial charge in [-0.3, -0.25) is 4.79 Å². The summed E-state index contributed by atoms with van der Waals surface area (Å²) in [6.45, 7) is 3.36. The van der Waals surface area contributed by atoms with Crippen LogP contribution >= 0.6 is 11.6 Å². The molecule has 1 amide bonds. The van der Waals surface area contributed by atoms with Gasteiger partial charge in [0.05, 0.1) is 26.2 Å². The second-order valence-corrected chi connectivity index (χ2v) is 5.95. The zero-order valence-electron chi connectivity index (χ0n) is 13.2. The first-order chi connectivity index (χ1) is 11.7. The minimum absolute atomic E-state index is 0.0716. The van der Waals surface area contributed by atoms with Crippen LogP contribution in [0.25, 0.3) is 0 Å². The fourth-order valence-electron chi connectivity index (χ4n) is 2.47. The fourth-order valence-corrected chi connectivity index (χ4v) is 2.60. The number of amides is 1. The molecule has 0 spiro atoms. The Hall–Kier alpha value is -2.18. The quantitative estimate of drug-likeness (QED) is 0.894. The van der Waals surface area contributed by atoms with Gasteiger partial charge in [-0.2, -0.15) is 0 Å². The predicted molar refractivity (Wildman–Crippen MR) is 92.1 cm³/mol. The lowest BCUT2D eigenvalue weighted by molar-refractivity contribution is -0.120. The Balaban J connectivity index is 1.54. The van der Waals surface area contributed by atoms with Crippen LogP contribution in [-0.2, 0) is 22.5 Å². The molecule has 1 aromatic heterocycles. The van der Waals surface area contributed by atoms with E-state index in [4.69, 9.17) is 16.3 Å². The molecule has 0 aliphatic carbocycles. The van der Waals surface area contributed by atoms with Gasteiger partial charge in [0.1, 0.15) is 11.6 Å². The van der Waals surface area contributed by atoms with Gasteiger partial charge >= 0.3 is 0 Å². The van der Waals surface area contributed by atoms with Gasteiger partial charge in [0.2, 0.25) is 5.91 Å². The number of carbonyl (C=O) groups excluding carboxylic acids is 1. The summed E-state index contributed by atoms with van der Waals surface area (Å²) >= 11 is 5.84. The number of hydrogen-bond donors (Lipinski definition) is 1. The van der Waals surface area contributed by atoms with E-state index in [9.17, 15) is 4.79 Å². The largest absolute Gasteiger partial charge is 0.378 e. The molecule has 0 radical (unpaired) electrons. The van der Waals surface area contributed by atoms with E-state index in [0.717, 1.165) is 24.5 Å². The number of anilines is 1. The minimum Gasteiger partial charge on any atom is -0.378 e. The topological polar surface area (TPSA) is 67.4 Å². The van der Waals surface area contributed by atoms with Crippen molar-refractivity contribution in [2.75, 3.05) is 31.2 Å². The van der Waals surface area contributed by atoms with Gasteiger partial charge in [0, 0.05) is 24.3 Å². The van der Waals surface area contributed by atoms with Crippen molar-refractivity contribution in [1.29, 1.82) is 0 Å². The molecule has 1 aliphatic rings. The van der Waals surface area contributed by atoms with Crippen LogP contribution < -0.4 is 10.2 Å². The number of nitrogens with zero attached hydrogens (tertiary/aromatic N) is 3. The lowest BCUT2D eigenvalue weighted by Crippen LogP contribution is -2.37. The summed E-state index contributed by atoms with van der Waals surface area (Å²) in [5.41, 5.74) is 0.917. The summed E-state index contributed by atoms with van der Waals surface area (Å²) in [6, 6.07) is 9.12. The molecular weight excluding hydrogens is 328 g/mol. The van der Waals surface area contributed by atoms with Crippen molar-refractivity contribution >= 4 is 23.3 Å². The van der Waals surface area contributed by atoms with Gasteiger partial charge in [-0.15, -0.1) is 0 Å². The standard InChI is InChI=1S/C17H19ClN4O2/c18-14-3-1-13(2-4-14)11-17(23)20-12-15-19-6-5-16(21-15)22-7-9-24-10-8-22/h1-6H,7-12H2,(H,20,23). The summed E-state index contributed by atoms with van der Waals surface area (Å²) < 4.78 is 5.34. The molecule has 0 unspecified atom stereocenters. The highest BCUT2D eigenvalue weighted by molar-refractivity contribution is 6.30. The normalized spacial score (nSPS) is 14.5. The Morgan fingerprint density at radius 1 is 1.21 bits per heavy atom. The number of hydrogen-bond acceptors (Lipinski definition) is 5. The Labute approximate surface area is 145 Å². The van der Waals surface area contributed by atoms with Crippen molar-refractivity contribution < 1.29 is 9.53 Å². The third kappa shape index (κ3) is 4.66. The number of ether oxygens (including phenoxy) is 1. The summed E-state index contributed by atoms with van der Waals surface area (Å²) in [6.07, 6.45) is 2.03. The molecule has 1 N–H and O–H groups in total. The predicted octanol–water partition coefficient (Wildman–Crippen LogP) is 1.83. The molecule has 1 saturated heterocycles. The molecular formula is C17H19ClN4O2. The average Bonchev–Trinajstić information content (AvgIpc) is 2.63. The van der Waals surface area contributed by atoms with Crippen molar-refractivity contribution in [3.63, 3.8) is 0 Å². The van der Waals surface area contributed by atoms with Crippen molar-refractivity contribution in [1.82, 2.24) is 15.3 Å². The summed E-state index contributed by atoms with van der Waals surface area (Å²) in [5.74, 6) is 1.40. The number of halogens is 1. The maximum atomic E-state index is 12.0. The molecule has 2 heterocycles. The second-order valence-electron chi connectivity index (χ2n) is 5.51. The Morgan fingerprint density at radius 2 is 1.96 bits per heavy atom. The Kier molecular flexibility index (Phi) is 5.61. The number of carbonyl (C=O) groups is 1. The molecule has 0 saturated carbocycles. The van der Waals surface area contributed by atoms with Crippen LogP contribution in [0.5, 0.6) is 0 Å². The smallest absolute Gasteiger partial charge is 0.224 e. The molecule has 7 heteroatoms. The van der Waals surface area contributed by atoms with Gasteiger partial charge in [-0.05, 0) is 23.8 Å². The Bertz CT molecular complexity index is 687. The van der Waals surface area contributed by atoms with Crippen molar-refractivity contribution in [3.8, 4) is 0 Å². The van der Waals surface area contributed by atoms with Gasteiger partial charge in [0.25, 0.3) is 0 Å². The molecule has 6 nitrogen and oxygen atoms in total. The third-order valence-electron chi connectivity index (χ3n) is 3.75. The van der Waals surface area contributed by atoms with E-state index in [1.165, 1.54) is 0 Å². The molecule has 126 valence electrons. The van der Waals surface area contributed by atoms with Crippen LogP contribution in [0.2, 0.25) is 5.02 Å². The third-order valence-corrected chi connectivity index (χ3v) is 4.00. The minimum atomic E-state index is -0.0716. The number of benzene rings is 1. The lowest BCUT2D eigenvalue weighted by Gasteiger charge is -2.27. The molecule has 3 rings (SSSR count). The number of nitrogens with one attached hydrogen (secondary N) is 1. The lowest BCUT2D eigenvalue weighted by atomic mass is 10.1. The van der Waals surface area contributed by atoms with Crippen LogP contribution in [0.1, 0.15) is 11.4 Å². The highest BCUT2D eigenvalue weighted by atomic mass is 35.5. The van der Waals surface area contributed by atoms with Crippen molar-refractivity contribution in [2.24, 2.45) is 0 Å². The van der Waals surface area contributed by atoms with E-state index < -0.39 is 0 Å². The number of aromatic nitrogens is 2. The van der Waals surface area contributed by atoms with Gasteiger partial charge < -0.3 is 15.0 Å². The highest BCUT2D eigenvalue weighted by Gasteiger charge is 2.13. The van der Waals surface area contributed by atoms with Crippen LogP contribution in [0.3, 0.4) is 0 Å². The fraction of sp³-hybridized carbons (Fsp3) is 0.353. The zero-order chi connectivity index (χ0) is 16.8. The first-order valence-corrected chi connectivity index (χ1v) is 8.24. The van der Waals surface area contributed by atoms with E-state index >= 15 is 0 Å². The van der Waals surface area contributed by atoms with Crippen molar-refractivity contribution in [2.45, 2.75) is 13.0 Å². The maximum absolute atomic E-state index is 12.0. The average molecular weight is 347 g/mol. The molecule has 0 bridgehead atoms. The summed E-state index contributed by atoms with van der Waals surface area (Å²) in [4.78, 5) is 22.9. The van der Waals surface area contributed by atoms with E-state index in [-0.39, 0.29) is 5.91 Å². The monoisotopic (exact) mass is 346 g/mol. The second kappa shape index (κ2) is 8.08. The first-order valence-electron chi connectivity index (χ1n) is 7.86. The molecule has 2 aromatic rings. The van der Waals surface area contributed by atoms with E-state index in [1.807, 2.05) is 18.2 Å². The van der Waals surface area contributed by atoms with Crippen LogP contribution in [0.15, 0.2) is 36.5 Å². The van der Waals surface area contributed by atoms with Gasteiger partial charge in [-0.25, -0.2) is 9.97 Å². The number of morpholine rings is 1. The highest BCUT2D eigenvalue weighted by Crippen LogP contribution is 2.12. The number of rotatable bonds is 5.